The number of aliphatic hydroxyl groups is 1. The summed E-state index contributed by atoms with van der Waals surface area (Å²) in [4.78, 5) is 0. The van der Waals surface area contributed by atoms with Crippen molar-refractivity contribution in [1.29, 1.82) is 0 Å². The Hall–Kier alpha value is -1.48. The van der Waals surface area contributed by atoms with E-state index in [4.69, 9.17) is 9.47 Å². The molecule has 1 aliphatic heterocycles. The second-order valence-corrected chi connectivity index (χ2v) is 7.76. The molecule has 0 amide bonds. The van der Waals surface area contributed by atoms with Gasteiger partial charge in [-0.3, -0.25) is 0 Å². The quantitative estimate of drug-likeness (QED) is 0.889. The lowest BCUT2D eigenvalue weighted by Gasteiger charge is -2.31. The van der Waals surface area contributed by atoms with Crippen LogP contribution in [0, 0.1) is 10.8 Å². The molecule has 1 heterocycles. The van der Waals surface area contributed by atoms with Gasteiger partial charge in [-0.25, -0.2) is 0 Å². The van der Waals surface area contributed by atoms with Gasteiger partial charge in [0.2, 0.25) is 0 Å². The van der Waals surface area contributed by atoms with Crippen LogP contribution in [0.15, 0.2) is 23.8 Å². The summed E-state index contributed by atoms with van der Waals surface area (Å²) in [6.07, 6.45) is -0.555. The Morgan fingerprint density at radius 2 is 1.91 bits per heavy atom. The Labute approximate surface area is 134 Å². The molecular formula is C19H28O3. The van der Waals surface area contributed by atoms with Crippen molar-refractivity contribution in [3.8, 4) is 5.75 Å². The number of aliphatic hydroxyl groups excluding tert-OH is 1. The van der Waals surface area contributed by atoms with Gasteiger partial charge in [0.15, 0.2) is 0 Å². The van der Waals surface area contributed by atoms with E-state index in [0.717, 1.165) is 16.9 Å². The molecule has 3 heteroatoms. The van der Waals surface area contributed by atoms with Crippen molar-refractivity contribution in [3.05, 3.63) is 34.9 Å². The standard InChI is InChI=1S/C19H28O3/c1-12(20)14-9-8-13(10-15(14)21-7)16-17(18(2,3)4)19(5,6)11-22-16/h8-10,12,20H,11H2,1-7H3. The first-order chi connectivity index (χ1) is 10.1. The van der Waals surface area contributed by atoms with E-state index in [2.05, 4.69) is 34.6 Å². The van der Waals surface area contributed by atoms with E-state index in [0.29, 0.717) is 12.4 Å². The normalized spacial score (nSPS) is 19.1. The molecule has 1 aromatic rings. The van der Waals surface area contributed by atoms with E-state index in [1.165, 1.54) is 5.57 Å². The van der Waals surface area contributed by atoms with Crippen LogP contribution in [0.4, 0.5) is 0 Å². The molecule has 22 heavy (non-hydrogen) atoms. The molecule has 2 rings (SSSR count). The van der Waals surface area contributed by atoms with Gasteiger partial charge in [0, 0.05) is 16.5 Å². The van der Waals surface area contributed by atoms with E-state index < -0.39 is 6.10 Å². The molecule has 1 unspecified atom stereocenters. The van der Waals surface area contributed by atoms with Gasteiger partial charge < -0.3 is 14.6 Å². The van der Waals surface area contributed by atoms with Crippen LogP contribution in [0.5, 0.6) is 5.75 Å². The summed E-state index contributed by atoms with van der Waals surface area (Å²) in [5.74, 6) is 1.65. The maximum atomic E-state index is 9.83. The van der Waals surface area contributed by atoms with Crippen LogP contribution >= 0.6 is 0 Å². The fourth-order valence-corrected chi connectivity index (χ4v) is 3.49. The Balaban J connectivity index is 2.59. The molecule has 0 saturated heterocycles. The monoisotopic (exact) mass is 304 g/mol. The predicted molar refractivity (Wildman–Crippen MR) is 89.7 cm³/mol. The van der Waals surface area contributed by atoms with E-state index in [1.54, 1.807) is 14.0 Å². The fraction of sp³-hybridized carbons (Fsp3) is 0.579. The lowest BCUT2D eigenvalue weighted by molar-refractivity contribution is 0.194. The molecule has 122 valence electrons. The number of benzene rings is 1. The zero-order valence-electron chi connectivity index (χ0n) is 14.8. The van der Waals surface area contributed by atoms with Gasteiger partial charge in [0.05, 0.1) is 19.8 Å². The third-order valence-corrected chi connectivity index (χ3v) is 4.18. The van der Waals surface area contributed by atoms with Crippen LogP contribution in [0.2, 0.25) is 0 Å². The zero-order valence-corrected chi connectivity index (χ0v) is 14.8. The minimum absolute atomic E-state index is 0.0176. The maximum Gasteiger partial charge on any atom is 0.127 e. The first-order valence-electron chi connectivity index (χ1n) is 7.82. The van der Waals surface area contributed by atoms with Crippen LogP contribution in [0.1, 0.15) is 58.8 Å². The molecule has 0 aliphatic carbocycles. The second-order valence-electron chi connectivity index (χ2n) is 7.76. The van der Waals surface area contributed by atoms with Crippen LogP contribution in [0.3, 0.4) is 0 Å². The Morgan fingerprint density at radius 1 is 1.27 bits per heavy atom. The van der Waals surface area contributed by atoms with Crippen LogP contribution in [-0.2, 0) is 4.74 Å². The SMILES string of the molecule is COc1cc(C2=C(C(C)(C)C)C(C)(C)CO2)ccc1C(C)O. The van der Waals surface area contributed by atoms with Gasteiger partial charge in [-0.05, 0) is 24.0 Å². The molecule has 0 aromatic heterocycles. The van der Waals surface area contributed by atoms with Gasteiger partial charge in [-0.1, -0.05) is 46.8 Å². The van der Waals surface area contributed by atoms with Gasteiger partial charge in [-0.15, -0.1) is 0 Å². The van der Waals surface area contributed by atoms with Crippen molar-refractivity contribution in [2.75, 3.05) is 13.7 Å². The van der Waals surface area contributed by atoms with Crippen molar-refractivity contribution in [2.45, 2.75) is 47.6 Å². The number of rotatable bonds is 3. The molecule has 0 radical (unpaired) electrons. The summed E-state index contributed by atoms with van der Waals surface area (Å²) < 4.78 is 11.5. The highest BCUT2D eigenvalue weighted by atomic mass is 16.5. The molecule has 0 bridgehead atoms. The summed E-state index contributed by atoms with van der Waals surface area (Å²) in [5.41, 5.74) is 3.18. The molecule has 0 fully saturated rings. The van der Waals surface area contributed by atoms with Crippen LogP contribution in [-0.4, -0.2) is 18.8 Å². The largest absolute Gasteiger partial charge is 0.496 e. The van der Waals surface area contributed by atoms with Gasteiger partial charge >= 0.3 is 0 Å². The minimum Gasteiger partial charge on any atom is -0.496 e. The van der Waals surface area contributed by atoms with Gasteiger partial charge in [0.1, 0.15) is 11.5 Å². The predicted octanol–water partition coefficient (Wildman–Crippen LogP) is 4.56. The second kappa shape index (κ2) is 5.62. The molecule has 0 saturated carbocycles. The lowest BCUT2D eigenvalue weighted by Crippen LogP contribution is -2.24. The summed E-state index contributed by atoms with van der Waals surface area (Å²) in [7, 11) is 1.63. The van der Waals surface area contributed by atoms with Gasteiger partial charge in [0.25, 0.3) is 0 Å². The van der Waals surface area contributed by atoms with Crippen molar-refractivity contribution in [1.82, 2.24) is 0 Å². The van der Waals surface area contributed by atoms with Crippen molar-refractivity contribution >= 4 is 5.76 Å². The highest BCUT2D eigenvalue weighted by Crippen LogP contribution is 2.49. The molecule has 1 aliphatic rings. The maximum absolute atomic E-state index is 9.83. The van der Waals surface area contributed by atoms with Crippen molar-refractivity contribution in [2.24, 2.45) is 10.8 Å². The number of hydrogen-bond acceptors (Lipinski definition) is 3. The minimum atomic E-state index is -0.555. The average molecular weight is 304 g/mol. The zero-order chi connectivity index (χ0) is 16.7. The molecule has 0 spiro atoms. The smallest absolute Gasteiger partial charge is 0.127 e. The van der Waals surface area contributed by atoms with Gasteiger partial charge in [-0.2, -0.15) is 0 Å². The van der Waals surface area contributed by atoms with Crippen LogP contribution < -0.4 is 4.74 Å². The van der Waals surface area contributed by atoms with E-state index >= 15 is 0 Å². The summed E-state index contributed by atoms with van der Waals surface area (Å²) in [5, 5.41) is 9.83. The highest BCUT2D eigenvalue weighted by molar-refractivity contribution is 5.69. The van der Waals surface area contributed by atoms with E-state index in [1.807, 2.05) is 18.2 Å². The van der Waals surface area contributed by atoms with Crippen molar-refractivity contribution in [3.63, 3.8) is 0 Å². The topological polar surface area (TPSA) is 38.7 Å². The lowest BCUT2D eigenvalue weighted by atomic mass is 9.71. The molecule has 1 atom stereocenters. The number of hydrogen-bond donors (Lipinski definition) is 1. The fourth-order valence-electron chi connectivity index (χ4n) is 3.49. The Kier molecular flexibility index (Phi) is 4.31. The third kappa shape index (κ3) is 3.00. The Bertz CT molecular complexity index is 589. The molecule has 1 N–H and O–H groups in total. The van der Waals surface area contributed by atoms with E-state index in [-0.39, 0.29) is 10.8 Å². The number of ether oxygens (including phenoxy) is 2. The first kappa shape index (κ1) is 16.9. The van der Waals surface area contributed by atoms with E-state index in [9.17, 15) is 5.11 Å². The third-order valence-electron chi connectivity index (χ3n) is 4.18. The summed E-state index contributed by atoms with van der Waals surface area (Å²) in [6.45, 7) is 13.5. The summed E-state index contributed by atoms with van der Waals surface area (Å²) in [6, 6.07) is 5.89. The average Bonchev–Trinajstić information content (AvgIpc) is 2.73. The highest BCUT2D eigenvalue weighted by Gasteiger charge is 2.41. The molecular weight excluding hydrogens is 276 g/mol. The Morgan fingerprint density at radius 3 is 2.41 bits per heavy atom. The van der Waals surface area contributed by atoms with Crippen LogP contribution in [0.25, 0.3) is 5.76 Å². The van der Waals surface area contributed by atoms with Crippen molar-refractivity contribution < 1.29 is 14.6 Å². The molecule has 3 nitrogen and oxygen atoms in total. The number of methoxy groups -OCH3 is 1. The molecule has 1 aromatic carbocycles. The first-order valence-corrected chi connectivity index (χ1v) is 7.82. The summed E-state index contributed by atoms with van der Waals surface area (Å²) >= 11 is 0.